The molecule has 1 fully saturated rings. The Labute approximate surface area is 249 Å². The summed E-state index contributed by atoms with van der Waals surface area (Å²) >= 11 is 0. The van der Waals surface area contributed by atoms with Gasteiger partial charge in [0, 0.05) is 45.8 Å². The first-order valence-corrected chi connectivity index (χ1v) is 14.5. The highest BCUT2D eigenvalue weighted by Crippen LogP contribution is 2.38. The Bertz CT molecular complexity index is 1300. The number of nitrogens with zero attached hydrogens (tertiary/aromatic N) is 4. The second-order valence-corrected chi connectivity index (χ2v) is 11.2. The van der Waals surface area contributed by atoms with Crippen molar-refractivity contribution in [3.8, 4) is 23.0 Å². The van der Waals surface area contributed by atoms with Crippen molar-refractivity contribution < 1.29 is 23.7 Å². The molecule has 0 aliphatic heterocycles. The summed E-state index contributed by atoms with van der Waals surface area (Å²) in [6.07, 6.45) is 5.82. The molecule has 1 aliphatic carbocycles. The van der Waals surface area contributed by atoms with Gasteiger partial charge in [0.1, 0.15) is 5.82 Å². The van der Waals surface area contributed by atoms with E-state index in [1.54, 1.807) is 53.6 Å². The van der Waals surface area contributed by atoms with Gasteiger partial charge in [-0.3, -0.25) is 9.69 Å². The van der Waals surface area contributed by atoms with Crippen LogP contribution in [0.5, 0.6) is 23.0 Å². The Morgan fingerprint density at radius 1 is 0.810 bits per heavy atom. The second kappa shape index (κ2) is 14.4. The molecule has 1 saturated carbocycles. The number of methoxy groups -OCH3 is 4. The van der Waals surface area contributed by atoms with E-state index in [0.717, 1.165) is 85.1 Å². The van der Waals surface area contributed by atoms with Crippen LogP contribution in [-0.4, -0.2) is 74.8 Å². The van der Waals surface area contributed by atoms with E-state index in [-0.39, 0.29) is 11.8 Å². The molecule has 0 N–H and O–H groups in total. The van der Waals surface area contributed by atoms with Crippen molar-refractivity contribution >= 4 is 5.91 Å². The van der Waals surface area contributed by atoms with E-state index in [9.17, 15) is 4.79 Å². The number of hydrogen-bond acceptors (Lipinski definition) is 8. The molecule has 9 heteroatoms. The molecule has 1 amide bonds. The van der Waals surface area contributed by atoms with Crippen LogP contribution in [0.25, 0.3) is 0 Å². The van der Waals surface area contributed by atoms with Crippen molar-refractivity contribution in [3.05, 3.63) is 70.8 Å². The molecule has 3 aromatic rings. The summed E-state index contributed by atoms with van der Waals surface area (Å²) < 4.78 is 22.1. The van der Waals surface area contributed by atoms with Gasteiger partial charge >= 0.3 is 0 Å². The van der Waals surface area contributed by atoms with Crippen molar-refractivity contribution in [1.29, 1.82) is 0 Å². The third kappa shape index (κ3) is 7.50. The summed E-state index contributed by atoms with van der Waals surface area (Å²) in [6, 6.07) is 12.2. The average molecular weight is 577 g/mol. The van der Waals surface area contributed by atoms with Gasteiger partial charge in [-0.1, -0.05) is 12.1 Å². The van der Waals surface area contributed by atoms with Crippen molar-refractivity contribution in [2.45, 2.75) is 51.6 Å². The van der Waals surface area contributed by atoms with Crippen molar-refractivity contribution in [1.82, 2.24) is 19.8 Å². The largest absolute Gasteiger partial charge is 0.493 e. The van der Waals surface area contributed by atoms with Crippen LogP contribution in [0.3, 0.4) is 0 Å². The van der Waals surface area contributed by atoms with Crippen molar-refractivity contribution in [3.63, 3.8) is 0 Å². The lowest BCUT2D eigenvalue weighted by Gasteiger charge is -2.33. The molecule has 0 unspecified atom stereocenters. The van der Waals surface area contributed by atoms with Crippen LogP contribution in [0, 0.1) is 12.8 Å². The fraction of sp³-hybridized carbons (Fsp3) is 0.485. The molecule has 4 rings (SSSR count). The maximum atomic E-state index is 12.9. The molecule has 0 spiro atoms. The molecule has 226 valence electrons. The number of rotatable bonds is 12. The maximum Gasteiger partial charge on any atom is 0.256 e. The summed E-state index contributed by atoms with van der Waals surface area (Å²) in [4.78, 5) is 26.0. The summed E-state index contributed by atoms with van der Waals surface area (Å²) in [5, 5.41) is 0. The number of amides is 1. The minimum absolute atomic E-state index is 0.0388. The van der Waals surface area contributed by atoms with Crippen LogP contribution in [-0.2, 0) is 13.1 Å². The van der Waals surface area contributed by atoms with Crippen molar-refractivity contribution in [2.75, 3.05) is 49.1 Å². The predicted molar refractivity (Wildman–Crippen MR) is 163 cm³/mol. The maximum absolute atomic E-state index is 12.9. The van der Waals surface area contributed by atoms with E-state index in [2.05, 4.69) is 34.1 Å². The quantitative estimate of drug-likeness (QED) is 0.280. The van der Waals surface area contributed by atoms with Gasteiger partial charge in [0.15, 0.2) is 23.0 Å². The molecule has 42 heavy (non-hydrogen) atoms. The van der Waals surface area contributed by atoms with E-state index in [1.807, 2.05) is 19.1 Å². The van der Waals surface area contributed by atoms with Gasteiger partial charge in [0.25, 0.3) is 5.91 Å². The van der Waals surface area contributed by atoms with Gasteiger partial charge in [-0.2, -0.15) is 0 Å². The summed E-state index contributed by atoms with van der Waals surface area (Å²) in [5.74, 6) is 4.34. The zero-order valence-electron chi connectivity index (χ0n) is 26.0. The Morgan fingerprint density at radius 3 is 1.81 bits per heavy atom. The van der Waals surface area contributed by atoms with Gasteiger partial charge in [0.2, 0.25) is 0 Å². The Hall–Kier alpha value is -3.85. The number of ether oxygens (including phenoxy) is 4. The van der Waals surface area contributed by atoms with Gasteiger partial charge in [-0.15, -0.1) is 0 Å². The Kier molecular flexibility index (Phi) is 10.6. The normalized spacial score (nSPS) is 16.7. The molecule has 0 bridgehead atoms. The van der Waals surface area contributed by atoms with E-state index in [1.165, 1.54) is 0 Å². The summed E-state index contributed by atoms with van der Waals surface area (Å²) in [7, 11) is 10.2. The fourth-order valence-electron chi connectivity index (χ4n) is 5.85. The fourth-order valence-corrected chi connectivity index (χ4v) is 5.85. The molecule has 0 radical (unpaired) electrons. The topological polar surface area (TPSA) is 86.2 Å². The number of hydrogen-bond donors (Lipinski definition) is 0. The molecule has 9 nitrogen and oxygen atoms in total. The monoisotopic (exact) mass is 576 g/mol. The Balaban J connectivity index is 1.52. The number of aromatic nitrogens is 2. The molecule has 2 aromatic carbocycles. The molecular weight excluding hydrogens is 532 g/mol. The zero-order valence-corrected chi connectivity index (χ0v) is 26.0. The zero-order chi connectivity index (χ0) is 30.2. The van der Waals surface area contributed by atoms with E-state index >= 15 is 0 Å². The molecule has 0 saturated heterocycles. The third-order valence-electron chi connectivity index (χ3n) is 8.03. The van der Waals surface area contributed by atoms with Crippen LogP contribution >= 0.6 is 0 Å². The molecule has 1 heterocycles. The van der Waals surface area contributed by atoms with Crippen LogP contribution in [0.1, 0.15) is 64.6 Å². The predicted octanol–water partition coefficient (Wildman–Crippen LogP) is 5.50. The highest BCUT2D eigenvalue weighted by Gasteiger charge is 2.29. The number of benzene rings is 2. The average Bonchev–Trinajstić information content (AvgIpc) is 3.00. The first-order valence-electron chi connectivity index (χ1n) is 14.5. The van der Waals surface area contributed by atoms with Crippen LogP contribution < -0.4 is 18.9 Å². The number of carbonyl (C=O) groups is 1. The van der Waals surface area contributed by atoms with E-state index < -0.39 is 0 Å². The lowest BCUT2D eigenvalue weighted by Crippen LogP contribution is -2.31. The molecule has 0 atom stereocenters. The summed E-state index contributed by atoms with van der Waals surface area (Å²) in [5.41, 5.74) is 3.83. The van der Waals surface area contributed by atoms with Gasteiger partial charge in [-0.05, 0) is 73.9 Å². The van der Waals surface area contributed by atoms with Crippen LogP contribution in [0.2, 0.25) is 0 Å². The lowest BCUT2D eigenvalue weighted by atomic mass is 9.79. The molecule has 1 aliphatic rings. The lowest BCUT2D eigenvalue weighted by molar-refractivity contribution is 0.0824. The molecular formula is C33H44N4O5. The minimum atomic E-state index is -0.0388. The first kappa shape index (κ1) is 31.1. The molecule has 1 aromatic heterocycles. The van der Waals surface area contributed by atoms with Gasteiger partial charge < -0.3 is 23.8 Å². The Morgan fingerprint density at radius 2 is 1.33 bits per heavy atom. The standard InChI is InChI=1S/C33H44N4O5/c1-22-34-18-27(33(38)36(2)3)32(35-22)26-12-8-23(9-13-26)19-37(20-24-10-14-28(39-4)30(16-24)41-6)21-25-11-15-29(40-5)31(17-25)42-7/h10-11,14-18,23,26H,8-9,12-13,19-21H2,1-7H3. The third-order valence-corrected chi connectivity index (χ3v) is 8.03. The second-order valence-electron chi connectivity index (χ2n) is 11.2. The van der Waals surface area contributed by atoms with Gasteiger partial charge in [-0.25, -0.2) is 9.97 Å². The van der Waals surface area contributed by atoms with E-state index in [4.69, 9.17) is 23.9 Å². The van der Waals surface area contributed by atoms with Crippen molar-refractivity contribution in [2.24, 2.45) is 5.92 Å². The van der Waals surface area contributed by atoms with E-state index in [0.29, 0.717) is 17.3 Å². The highest BCUT2D eigenvalue weighted by atomic mass is 16.5. The first-order chi connectivity index (χ1) is 20.3. The van der Waals surface area contributed by atoms with Gasteiger partial charge in [0.05, 0.1) is 39.7 Å². The number of carbonyl (C=O) groups excluding carboxylic acids is 1. The van der Waals surface area contributed by atoms with Crippen LogP contribution in [0.15, 0.2) is 42.6 Å². The SMILES string of the molecule is COc1ccc(CN(Cc2ccc(OC)c(OC)c2)CC2CCC(c3nc(C)ncc3C(=O)N(C)C)CC2)cc1OC. The minimum Gasteiger partial charge on any atom is -0.493 e. The van der Waals surface area contributed by atoms with Crippen LogP contribution in [0.4, 0.5) is 0 Å². The number of aryl methyl sites for hydroxylation is 1. The summed E-state index contributed by atoms with van der Waals surface area (Å²) in [6.45, 7) is 4.36. The smallest absolute Gasteiger partial charge is 0.256 e. The highest BCUT2D eigenvalue weighted by molar-refractivity contribution is 5.94.